The van der Waals surface area contributed by atoms with Crippen molar-refractivity contribution in [2.45, 2.75) is 32.7 Å². The molecule has 1 aliphatic carbocycles. The molecule has 92 valence electrons. The molecule has 0 aromatic heterocycles. The lowest BCUT2D eigenvalue weighted by Crippen LogP contribution is -2.33. The highest BCUT2D eigenvalue weighted by Gasteiger charge is 2.45. The molecule has 0 aromatic carbocycles. The summed E-state index contributed by atoms with van der Waals surface area (Å²) in [5.74, 6) is -0.459. The zero-order chi connectivity index (χ0) is 12.1. The van der Waals surface area contributed by atoms with E-state index in [9.17, 15) is 9.59 Å². The largest absolute Gasteiger partial charge is 0.466 e. The highest BCUT2D eigenvalue weighted by molar-refractivity contribution is 5.77. The van der Waals surface area contributed by atoms with Crippen molar-refractivity contribution in [2.24, 2.45) is 17.6 Å². The van der Waals surface area contributed by atoms with Crippen molar-refractivity contribution in [1.82, 2.24) is 0 Å². The number of hydrogen-bond donors (Lipinski definition) is 1. The summed E-state index contributed by atoms with van der Waals surface area (Å²) in [4.78, 5) is 22.6. The third-order valence-corrected chi connectivity index (χ3v) is 2.66. The second-order valence-corrected chi connectivity index (χ2v) is 3.95. The molecular weight excluding hydrogens is 210 g/mol. The molecule has 0 saturated heterocycles. The summed E-state index contributed by atoms with van der Waals surface area (Å²) in [6.07, 6.45) is 1.27. The Morgan fingerprint density at radius 2 is 1.94 bits per heavy atom. The molecule has 5 heteroatoms. The first-order valence-electron chi connectivity index (χ1n) is 5.69. The minimum absolute atomic E-state index is 0.0690. The van der Waals surface area contributed by atoms with Crippen molar-refractivity contribution in [3.8, 4) is 0 Å². The molecule has 0 heterocycles. The number of nitrogens with two attached hydrogens (primary N) is 1. The minimum atomic E-state index is -0.621. The van der Waals surface area contributed by atoms with Crippen LogP contribution >= 0.6 is 0 Å². The third-order valence-electron chi connectivity index (χ3n) is 2.66. The number of carbonyl (C=O) groups is 2. The maximum atomic E-state index is 11.3. The van der Waals surface area contributed by atoms with Crippen LogP contribution in [0.2, 0.25) is 0 Å². The molecule has 0 radical (unpaired) electrons. The van der Waals surface area contributed by atoms with Crippen LogP contribution in [-0.4, -0.2) is 31.2 Å². The van der Waals surface area contributed by atoms with Crippen molar-refractivity contribution >= 4 is 11.9 Å². The monoisotopic (exact) mass is 229 g/mol. The molecule has 0 aliphatic heterocycles. The molecule has 2 N–H and O–H groups in total. The molecule has 0 bridgehead atoms. The molecule has 0 amide bonds. The Kier molecular flexibility index (Phi) is 4.73. The summed E-state index contributed by atoms with van der Waals surface area (Å²) in [7, 11) is 0. The average molecular weight is 229 g/mol. The first-order valence-corrected chi connectivity index (χ1v) is 5.69. The molecule has 1 aliphatic rings. The van der Waals surface area contributed by atoms with Gasteiger partial charge in [0.2, 0.25) is 0 Å². The third kappa shape index (κ3) is 3.48. The fourth-order valence-electron chi connectivity index (χ4n) is 1.72. The lowest BCUT2D eigenvalue weighted by atomic mass is 10.1. The van der Waals surface area contributed by atoms with Crippen molar-refractivity contribution in [1.29, 1.82) is 0 Å². The van der Waals surface area contributed by atoms with Gasteiger partial charge in [0.1, 0.15) is 6.04 Å². The van der Waals surface area contributed by atoms with E-state index in [1.807, 2.05) is 0 Å². The number of rotatable bonds is 6. The van der Waals surface area contributed by atoms with Crippen LogP contribution < -0.4 is 5.73 Å². The van der Waals surface area contributed by atoms with Gasteiger partial charge in [-0.3, -0.25) is 9.59 Å². The van der Waals surface area contributed by atoms with Gasteiger partial charge in [0, 0.05) is 0 Å². The van der Waals surface area contributed by atoms with E-state index in [1.54, 1.807) is 13.8 Å². The Morgan fingerprint density at radius 1 is 1.31 bits per heavy atom. The molecule has 5 nitrogen and oxygen atoms in total. The normalized spacial score (nSPS) is 24.7. The van der Waals surface area contributed by atoms with Gasteiger partial charge in [0.25, 0.3) is 0 Å². The Labute approximate surface area is 95.3 Å². The van der Waals surface area contributed by atoms with Gasteiger partial charge in [-0.25, -0.2) is 0 Å². The fraction of sp³-hybridized carbons (Fsp3) is 0.818. The predicted octanol–water partition coefficient (Wildman–Crippen LogP) is 0.466. The van der Waals surface area contributed by atoms with Gasteiger partial charge in [-0.1, -0.05) is 0 Å². The first-order chi connectivity index (χ1) is 7.60. The van der Waals surface area contributed by atoms with Gasteiger partial charge < -0.3 is 15.2 Å². The van der Waals surface area contributed by atoms with Gasteiger partial charge in [-0.05, 0) is 32.6 Å². The van der Waals surface area contributed by atoms with Crippen LogP contribution in [0.3, 0.4) is 0 Å². The summed E-state index contributed by atoms with van der Waals surface area (Å²) >= 11 is 0. The van der Waals surface area contributed by atoms with E-state index in [0.29, 0.717) is 19.6 Å². The zero-order valence-electron chi connectivity index (χ0n) is 9.77. The van der Waals surface area contributed by atoms with E-state index in [4.69, 9.17) is 15.2 Å². The molecule has 0 unspecified atom stereocenters. The fourth-order valence-corrected chi connectivity index (χ4v) is 1.72. The van der Waals surface area contributed by atoms with Crippen LogP contribution in [0, 0.1) is 11.8 Å². The number of carbonyl (C=O) groups excluding carboxylic acids is 2. The van der Waals surface area contributed by atoms with Crippen LogP contribution in [0.1, 0.15) is 26.7 Å². The van der Waals surface area contributed by atoms with Crippen LogP contribution in [-0.2, 0) is 19.1 Å². The van der Waals surface area contributed by atoms with Crippen LogP contribution in [0.15, 0.2) is 0 Å². The first kappa shape index (κ1) is 13.0. The number of esters is 2. The van der Waals surface area contributed by atoms with E-state index < -0.39 is 12.0 Å². The molecule has 3 atom stereocenters. The van der Waals surface area contributed by atoms with E-state index in [0.717, 1.165) is 6.42 Å². The molecule has 1 rings (SSSR count). The highest BCUT2D eigenvalue weighted by atomic mass is 16.5. The summed E-state index contributed by atoms with van der Waals surface area (Å²) in [5.41, 5.74) is 5.65. The summed E-state index contributed by atoms with van der Waals surface area (Å²) in [6, 6.07) is -0.621. The SMILES string of the molecule is CCOC(=O)[C@H]1C[C@H]1C[C@H](N)C(=O)OCC. The van der Waals surface area contributed by atoms with Gasteiger partial charge in [-0.15, -0.1) is 0 Å². The molecule has 1 fully saturated rings. The molecule has 1 saturated carbocycles. The van der Waals surface area contributed by atoms with Crippen molar-refractivity contribution in [2.75, 3.05) is 13.2 Å². The van der Waals surface area contributed by atoms with Gasteiger partial charge in [0.05, 0.1) is 19.1 Å². The topological polar surface area (TPSA) is 78.6 Å². The average Bonchev–Trinajstić information content (AvgIpc) is 2.98. The Bertz CT molecular complexity index is 267. The Hall–Kier alpha value is -1.10. The second-order valence-electron chi connectivity index (χ2n) is 3.95. The number of hydrogen-bond acceptors (Lipinski definition) is 5. The lowest BCUT2D eigenvalue weighted by molar-refractivity contribution is -0.147. The quantitative estimate of drug-likeness (QED) is 0.670. The lowest BCUT2D eigenvalue weighted by Gasteiger charge is -2.09. The Morgan fingerprint density at radius 3 is 2.50 bits per heavy atom. The maximum absolute atomic E-state index is 11.3. The summed E-state index contributed by atoms with van der Waals surface area (Å²) < 4.78 is 9.69. The number of ether oxygens (including phenoxy) is 2. The molecule has 16 heavy (non-hydrogen) atoms. The van der Waals surface area contributed by atoms with Crippen LogP contribution in [0.5, 0.6) is 0 Å². The summed E-state index contributed by atoms with van der Waals surface area (Å²) in [5, 5.41) is 0. The molecule has 0 aromatic rings. The van der Waals surface area contributed by atoms with Crippen molar-refractivity contribution in [3.63, 3.8) is 0 Å². The zero-order valence-corrected chi connectivity index (χ0v) is 9.77. The maximum Gasteiger partial charge on any atom is 0.322 e. The minimum Gasteiger partial charge on any atom is -0.466 e. The van der Waals surface area contributed by atoms with Gasteiger partial charge >= 0.3 is 11.9 Å². The van der Waals surface area contributed by atoms with E-state index >= 15 is 0 Å². The van der Waals surface area contributed by atoms with Crippen LogP contribution in [0.4, 0.5) is 0 Å². The summed E-state index contributed by atoms with van der Waals surface area (Å²) in [6.45, 7) is 4.24. The second kappa shape index (κ2) is 5.84. The predicted molar refractivity (Wildman–Crippen MR) is 57.5 cm³/mol. The van der Waals surface area contributed by atoms with Crippen LogP contribution in [0.25, 0.3) is 0 Å². The van der Waals surface area contributed by atoms with E-state index in [2.05, 4.69) is 0 Å². The standard InChI is InChI=1S/C11H19NO4/c1-3-15-10(13)8-5-7(8)6-9(12)11(14)16-4-2/h7-9H,3-6,12H2,1-2H3/t7-,8-,9-/m0/s1. The molecular formula is C11H19NO4. The smallest absolute Gasteiger partial charge is 0.322 e. The van der Waals surface area contributed by atoms with Crippen molar-refractivity contribution < 1.29 is 19.1 Å². The van der Waals surface area contributed by atoms with Crippen molar-refractivity contribution in [3.05, 3.63) is 0 Å². The van der Waals surface area contributed by atoms with Gasteiger partial charge in [0.15, 0.2) is 0 Å². The van der Waals surface area contributed by atoms with E-state index in [1.165, 1.54) is 0 Å². The highest BCUT2D eigenvalue weighted by Crippen LogP contribution is 2.42. The molecule has 0 spiro atoms. The Balaban J connectivity index is 2.25. The van der Waals surface area contributed by atoms with E-state index in [-0.39, 0.29) is 17.8 Å². The van der Waals surface area contributed by atoms with Gasteiger partial charge in [-0.2, -0.15) is 0 Å².